The lowest BCUT2D eigenvalue weighted by Gasteiger charge is -2.10. The second kappa shape index (κ2) is 9.16. The normalized spacial score (nSPS) is 9.92. The molecule has 2 rings (SSSR count). The van der Waals surface area contributed by atoms with Crippen LogP contribution in [0, 0.1) is 5.82 Å². The first-order valence-electron chi connectivity index (χ1n) is 7.86. The third kappa shape index (κ3) is 6.23. The topological polar surface area (TPSA) is 99.3 Å². The molecule has 26 heavy (non-hydrogen) atoms. The molecule has 0 saturated carbocycles. The Morgan fingerprint density at radius 3 is 2.46 bits per heavy atom. The molecule has 0 fully saturated rings. The first-order chi connectivity index (χ1) is 12.4. The van der Waals surface area contributed by atoms with Gasteiger partial charge in [-0.3, -0.25) is 14.9 Å². The molecular formula is C18H19FN4O3. The van der Waals surface area contributed by atoms with E-state index < -0.39 is 23.7 Å². The molecule has 2 aromatic carbocycles. The summed E-state index contributed by atoms with van der Waals surface area (Å²) in [5.74, 6) is -1.55. The molecule has 0 radical (unpaired) electrons. The lowest BCUT2D eigenvalue weighted by Crippen LogP contribution is -2.41. The van der Waals surface area contributed by atoms with E-state index >= 15 is 0 Å². The summed E-state index contributed by atoms with van der Waals surface area (Å²) in [4.78, 5) is 34.5. The second-order valence-electron chi connectivity index (χ2n) is 5.45. The molecule has 0 aliphatic heterocycles. The number of urea groups is 1. The standard InChI is InChI=1S/C18H19FN4O3/c1-12(24)22-16-9-14(7-8-15(16)19)20-11-17(25)23-18(26)21-10-13-5-3-2-4-6-13/h2-9,20H,10-11H2,1H3,(H,22,24)(H2,21,23,25,26). The molecule has 7 nitrogen and oxygen atoms in total. The predicted octanol–water partition coefficient (Wildman–Crippen LogP) is 2.22. The van der Waals surface area contributed by atoms with Crippen molar-refractivity contribution in [1.82, 2.24) is 10.6 Å². The summed E-state index contributed by atoms with van der Waals surface area (Å²) in [6, 6.07) is 12.6. The fraction of sp³-hybridized carbons (Fsp3) is 0.167. The number of nitrogens with one attached hydrogen (secondary N) is 4. The van der Waals surface area contributed by atoms with E-state index in [4.69, 9.17) is 0 Å². The van der Waals surface area contributed by atoms with Crippen LogP contribution in [0.15, 0.2) is 48.5 Å². The van der Waals surface area contributed by atoms with Gasteiger partial charge in [-0.05, 0) is 23.8 Å². The van der Waals surface area contributed by atoms with Crippen LogP contribution in [0.25, 0.3) is 0 Å². The lowest BCUT2D eigenvalue weighted by atomic mass is 10.2. The highest BCUT2D eigenvalue weighted by Gasteiger charge is 2.09. The molecular weight excluding hydrogens is 339 g/mol. The summed E-state index contributed by atoms with van der Waals surface area (Å²) in [6.45, 7) is 1.37. The molecule has 8 heteroatoms. The molecule has 0 aromatic heterocycles. The Morgan fingerprint density at radius 1 is 1.04 bits per heavy atom. The number of imide groups is 1. The van der Waals surface area contributed by atoms with E-state index in [1.165, 1.54) is 19.1 Å². The maximum atomic E-state index is 13.6. The zero-order chi connectivity index (χ0) is 18.9. The minimum atomic E-state index is -0.612. The summed E-state index contributed by atoms with van der Waals surface area (Å²) in [6.07, 6.45) is 0. The zero-order valence-corrected chi connectivity index (χ0v) is 14.1. The number of benzene rings is 2. The van der Waals surface area contributed by atoms with E-state index in [1.54, 1.807) is 0 Å². The summed E-state index contributed by atoms with van der Waals surface area (Å²) in [7, 11) is 0. The lowest BCUT2D eigenvalue weighted by molar-refractivity contribution is -0.118. The Kier molecular flexibility index (Phi) is 6.67. The van der Waals surface area contributed by atoms with Gasteiger partial charge >= 0.3 is 6.03 Å². The minimum Gasteiger partial charge on any atom is -0.376 e. The molecule has 0 unspecified atom stereocenters. The van der Waals surface area contributed by atoms with Gasteiger partial charge < -0.3 is 16.0 Å². The third-order valence-corrected chi connectivity index (χ3v) is 3.28. The number of carbonyl (C=O) groups is 3. The van der Waals surface area contributed by atoms with Crippen LogP contribution in [0.4, 0.5) is 20.6 Å². The van der Waals surface area contributed by atoms with Gasteiger partial charge in [-0.25, -0.2) is 9.18 Å². The molecule has 0 spiro atoms. The minimum absolute atomic E-state index is 0.00325. The largest absolute Gasteiger partial charge is 0.376 e. The molecule has 0 atom stereocenters. The number of hydrogen-bond acceptors (Lipinski definition) is 4. The van der Waals surface area contributed by atoms with Crippen LogP contribution in [-0.2, 0) is 16.1 Å². The van der Waals surface area contributed by atoms with Crippen molar-refractivity contribution in [3.05, 3.63) is 59.9 Å². The highest BCUT2D eigenvalue weighted by Crippen LogP contribution is 2.19. The SMILES string of the molecule is CC(=O)Nc1cc(NCC(=O)NC(=O)NCc2ccccc2)ccc1F. The smallest absolute Gasteiger partial charge is 0.321 e. The van der Waals surface area contributed by atoms with Gasteiger partial charge in [0.2, 0.25) is 11.8 Å². The van der Waals surface area contributed by atoms with Gasteiger partial charge in [0.25, 0.3) is 0 Å². The molecule has 0 bridgehead atoms. The maximum absolute atomic E-state index is 13.6. The predicted molar refractivity (Wildman–Crippen MR) is 96.0 cm³/mol. The maximum Gasteiger partial charge on any atom is 0.321 e. The Balaban J connectivity index is 1.79. The van der Waals surface area contributed by atoms with Gasteiger partial charge in [0.05, 0.1) is 12.2 Å². The van der Waals surface area contributed by atoms with Crippen molar-refractivity contribution < 1.29 is 18.8 Å². The second-order valence-corrected chi connectivity index (χ2v) is 5.45. The number of carbonyl (C=O) groups excluding carboxylic acids is 3. The third-order valence-electron chi connectivity index (χ3n) is 3.28. The Bertz CT molecular complexity index is 796. The van der Waals surface area contributed by atoms with Crippen molar-refractivity contribution in [2.24, 2.45) is 0 Å². The van der Waals surface area contributed by atoms with E-state index in [2.05, 4.69) is 21.3 Å². The van der Waals surface area contributed by atoms with Crippen LogP contribution in [0.1, 0.15) is 12.5 Å². The average molecular weight is 358 g/mol. The van der Waals surface area contributed by atoms with Crippen LogP contribution >= 0.6 is 0 Å². The number of halogens is 1. The van der Waals surface area contributed by atoms with Gasteiger partial charge in [0.1, 0.15) is 5.82 Å². The van der Waals surface area contributed by atoms with Gasteiger partial charge in [-0.2, -0.15) is 0 Å². The van der Waals surface area contributed by atoms with E-state index in [0.29, 0.717) is 12.2 Å². The fourth-order valence-corrected chi connectivity index (χ4v) is 2.10. The Labute approximate surface area is 150 Å². The first kappa shape index (κ1) is 18.9. The molecule has 4 N–H and O–H groups in total. The molecule has 0 aliphatic rings. The molecule has 0 saturated heterocycles. The molecule has 0 heterocycles. The molecule has 2 aromatic rings. The van der Waals surface area contributed by atoms with Crippen LogP contribution < -0.4 is 21.3 Å². The van der Waals surface area contributed by atoms with Crippen molar-refractivity contribution in [2.75, 3.05) is 17.2 Å². The first-order valence-corrected chi connectivity index (χ1v) is 7.86. The molecule has 0 aliphatic carbocycles. The van der Waals surface area contributed by atoms with Crippen LogP contribution in [0.5, 0.6) is 0 Å². The molecule has 4 amide bonds. The van der Waals surface area contributed by atoms with Gasteiger partial charge in [-0.1, -0.05) is 30.3 Å². The van der Waals surface area contributed by atoms with Gasteiger partial charge in [-0.15, -0.1) is 0 Å². The monoisotopic (exact) mass is 358 g/mol. The number of anilines is 2. The summed E-state index contributed by atoms with van der Waals surface area (Å²) >= 11 is 0. The van der Waals surface area contributed by atoms with Crippen molar-refractivity contribution >= 4 is 29.2 Å². The highest BCUT2D eigenvalue weighted by atomic mass is 19.1. The quantitative estimate of drug-likeness (QED) is 0.636. The van der Waals surface area contributed by atoms with Crippen LogP contribution in [0.2, 0.25) is 0 Å². The van der Waals surface area contributed by atoms with Crippen molar-refractivity contribution in [3.8, 4) is 0 Å². The summed E-state index contributed by atoms with van der Waals surface area (Å²) < 4.78 is 13.6. The molecule has 136 valence electrons. The Morgan fingerprint density at radius 2 is 1.77 bits per heavy atom. The van der Waals surface area contributed by atoms with Crippen LogP contribution in [-0.4, -0.2) is 24.4 Å². The fourth-order valence-electron chi connectivity index (χ4n) is 2.10. The highest BCUT2D eigenvalue weighted by molar-refractivity contribution is 5.96. The van der Waals surface area contributed by atoms with Crippen molar-refractivity contribution in [1.29, 1.82) is 0 Å². The van der Waals surface area contributed by atoms with Crippen molar-refractivity contribution in [2.45, 2.75) is 13.5 Å². The zero-order valence-electron chi connectivity index (χ0n) is 14.1. The van der Waals surface area contributed by atoms with E-state index in [9.17, 15) is 18.8 Å². The average Bonchev–Trinajstić information content (AvgIpc) is 2.61. The van der Waals surface area contributed by atoms with E-state index in [-0.39, 0.29) is 12.2 Å². The van der Waals surface area contributed by atoms with E-state index in [1.807, 2.05) is 30.3 Å². The Hall–Kier alpha value is -3.42. The summed E-state index contributed by atoms with van der Waals surface area (Å²) in [5, 5.41) is 9.86. The number of rotatable bonds is 6. The van der Waals surface area contributed by atoms with Gasteiger partial charge in [0.15, 0.2) is 0 Å². The summed E-state index contributed by atoms with van der Waals surface area (Å²) in [5.41, 5.74) is 1.34. The van der Waals surface area contributed by atoms with Gasteiger partial charge in [0, 0.05) is 19.2 Å². The van der Waals surface area contributed by atoms with Crippen molar-refractivity contribution in [3.63, 3.8) is 0 Å². The van der Waals surface area contributed by atoms with E-state index in [0.717, 1.165) is 11.6 Å². The van der Waals surface area contributed by atoms with Crippen LogP contribution in [0.3, 0.4) is 0 Å². The number of hydrogen-bond donors (Lipinski definition) is 4. The number of amides is 4.